The monoisotopic (exact) mass is 388 g/mol. The van der Waals surface area contributed by atoms with Crippen LogP contribution in [0.15, 0.2) is 29.3 Å². The molecule has 152 valence electrons. The molecule has 2 rings (SSSR count). The minimum absolute atomic E-state index is 0.333. The highest BCUT2D eigenvalue weighted by atomic mass is 16.5. The Morgan fingerprint density at radius 1 is 1.00 bits per heavy atom. The molecule has 28 heavy (non-hydrogen) atoms. The molecule has 0 radical (unpaired) electrons. The van der Waals surface area contributed by atoms with Crippen LogP contribution in [-0.4, -0.2) is 29.0 Å². The van der Waals surface area contributed by atoms with Gasteiger partial charge in [0, 0.05) is 0 Å². The first kappa shape index (κ1) is 21.5. The van der Waals surface area contributed by atoms with Crippen molar-refractivity contribution in [1.29, 1.82) is 0 Å². The zero-order valence-electron chi connectivity index (χ0n) is 17.0. The lowest BCUT2D eigenvalue weighted by atomic mass is 9.76. The van der Waals surface area contributed by atoms with Crippen LogP contribution in [0.3, 0.4) is 0 Å². The molecule has 0 aromatic heterocycles. The second-order valence-corrected chi connectivity index (χ2v) is 7.50. The second kappa shape index (κ2) is 8.91. The molecule has 0 saturated heterocycles. The molecule has 7 nitrogen and oxygen atoms in total. The van der Waals surface area contributed by atoms with Gasteiger partial charge in [0.25, 0.3) is 5.91 Å². The molecule has 0 unspecified atom stereocenters. The van der Waals surface area contributed by atoms with E-state index in [0.717, 1.165) is 22.3 Å². The number of carbonyl (C=O) groups excluding carboxylic acids is 2. The van der Waals surface area contributed by atoms with E-state index in [-0.39, 0.29) is 0 Å². The van der Waals surface area contributed by atoms with Gasteiger partial charge in [-0.1, -0.05) is 17.2 Å². The summed E-state index contributed by atoms with van der Waals surface area (Å²) in [6.45, 7) is 9.29. The zero-order valence-corrected chi connectivity index (χ0v) is 17.0. The molecule has 7 heteroatoms. The number of hydrazine groups is 1. The van der Waals surface area contributed by atoms with Crippen LogP contribution in [0.1, 0.15) is 44.7 Å². The van der Waals surface area contributed by atoms with E-state index in [1.165, 1.54) is 0 Å². The average molecular weight is 388 g/mol. The van der Waals surface area contributed by atoms with E-state index in [2.05, 4.69) is 10.9 Å². The van der Waals surface area contributed by atoms with Gasteiger partial charge in [-0.2, -0.15) is 0 Å². The van der Waals surface area contributed by atoms with Crippen LogP contribution in [0, 0.1) is 25.7 Å². The molecule has 3 atom stereocenters. The van der Waals surface area contributed by atoms with Crippen molar-refractivity contribution in [3.8, 4) is 5.75 Å². The Hall–Kier alpha value is -2.83. The van der Waals surface area contributed by atoms with Crippen molar-refractivity contribution < 1.29 is 24.2 Å². The maximum Gasteiger partial charge on any atom is 0.307 e. The summed E-state index contributed by atoms with van der Waals surface area (Å²) in [5.41, 5.74) is 8.87. The summed E-state index contributed by atoms with van der Waals surface area (Å²) < 4.78 is 5.62. The summed E-state index contributed by atoms with van der Waals surface area (Å²) in [4.78, 5) is 36.2. The summed E-state index contributed by atoms with van der Waals surface area (Å²) in [6.07, 6.45) is -0.133. The third kappa shape index (κ3) is 5.12. The Bertz CT molecular complexity index is 815. The van der Waals surface area contributed by atoms with Crippen molar-refractivity contribution in [3.63, 3.8) is 0 Å². The molecule has 0 saturated carbocycles. The quantitative estimate of drug-likeness (QED) is 0.531. The molecule has 1 aliphatic carbocycles. The molecular weight excluding hydrogens is 360 g/mol. The van der Waals surface area contributed by atoms with Gasteiger partial charge in [-0.3, -0.25) is 25.2 Å². The van der Waals surface area contributed by atoms with E-state index in [0.29, 0.717) is 18.6 Å². The number of amides is 2. The van der Waals surface area contributed by atoms with Crippen LogP contribution in [0.25, 0.3) is 0 Å². The Kier molecular flexibility index (Phi) is 6.83. The smallest absolute Gasteiger partial charge is 0.307 e. The summed E-state index contributed by atoms with van der Waals surface area (Å²) in [5.74, 6) is -3.00. The summed E-state index contributed by atoms with van der Waals surface area (Å²) in [7, 11) is 0. The van der Waals surface area contributed by atoms with Gasteiger partial charge in [-0.25, -0.2) is 0 Å². The van der Waals surface area contributed by atoms with Crippen LogP contribution in [0.2, 0.25) is 0 Å². The SMILES string of the molecule is CC1=C(C)C[C@H](C(=O)NNC(=O)[C@@H](C)Oc2ccc(C)c(C)c2)[C@@H](C(=O)O)C1. The lowest BCUT2D eigenvalue weighted by molar-refractivity contribution is -0.148. The van der Waals surface area contributed by atoms with Crippen molar-refractivity contribution in [2.24, 2.45) is 11.8 Å². The van der Waals surface area contributed by atoms with Crippen LogP contribution < -0.4 is 15.6 Å². The molecule has 1 aromatic rings. The number of carbonyl (C=O) groups is 3. The van der Waals surface area contributed by atoms with Gasteiger partial charge in [0.05, 0.1) is 11.8 Å². The number of hydrogen-bond donors (Lipinski definition) is 3. The van der Waals surface area contributed by atoms with Gasteiger partial charge in [0.2, 0.25) is 5.91 Å². The number of carboxylic acids is 1. The number of nitrogens with one attached hydrogen (secondary N) is 2. The number of allylic oxidation sites excluding steroid dienone is 2. The number of hydrogen-bond acceptors (Lipinski definition) is 4. The predicted octanol–water partition coefficient (Wildman–Crippen LogP) is 2.67. The standard InChI is InChI=1S/C21H28N2O5/c1-11-6-7-16(8-12(11)2)28-15(5)19(24)22-23-20(25)17-9-13(3)14(4)10-18(17)21(26)27/h6-8,15,17-18H,9-10H2,1-5H3,(H,22,24)(H,23,25)(H,26,27)/t15-,17+,18+/m1/s1. The molecule has 1 aliphatic rings. The van der Waals surface area contributed by atoms with Gasteiger partial charge < -0.3 is 9.84 Å². The van der Waals surface area contributed by atoms with Crippen molar-refractivity contribution in [3.05, 3.63) is 40.5 Å². The number of aryl methyl sites for hydroxylation is 2. The molecule has 1 aromatic carbocycles. The topological polar surface area (TPSA) is 105 Å². The number of rotatable bonds is 5. The Morgan fingerprint density at radius 2 is 1.61 bits per heavy atom. The van der Waals surface area contributed by atoms with Crippen molar-refractivity contribution in [2.75, 3.05) is 0 Å². The molecule has 3 N–H and O–H groups in total. The van der Waals surface area contributed by atoms with Crippen LogP contribution in [-0.2, 0) is 14.4 Å². The van der Waals surface area contributed by atoms with E-state index in [1.807, 2.05) is 39.8 Å². The minimum Gasteiger partial charge on any atom is -0.481 e. The van der Waals surface area contributed by atoms with Crippen LogP contribution >= 0.6 is 0 Å². The van der Waals surface area contributed by atoms with E-state index in [1.54, 1.807) is 13.0 Å². The lowest BCUT2D eigenvalue weighted by Gasteiger charge is -2.29. The van der Waals surface area contributed by atoms with Crippen LogP contribution in [0.5, 0.6) is 5.75 Å². The summed E-state index contributed by atoms with van der Waals surface area (Å²) in [5, 5.41) is 9.42. The number of ether oxygens (including phenoxy) is 1. The van der Waals surface area contributed by atoms with E-state index in [9.17, 15) is 19.5 Å². The number of carboxylic acid groups (broad SMARTS) is 1. The van der Waals surface area contributed by atoms with Gasteiger partial charge in [-0.05, 0) is 70.7 Å². The van der Waals surface area contributed by atoms with E-state index < -0.39 is 35.7 Å². The van der Waals surface area contributed by atoms with Gasteiger partial charge in [0.15, 0.2) is 6.10 Å². The fourth-order valence-electron chi connectivity index (χ4n) is 3.19. The second-order valence-electron chi connectivity index (χ2n) is 7.50. The molecule has 2 amide bonds. The molecule has 0 heterocycles. The Morgan fingerprint density at radius 3 is 2.18 bits per heavy atom. The summed E-state index contributed by atoms with van der Waals surface area (Å²) >= 11 is 0. The minimum atomic E-state index is -1.01. The fourth-order valence-corrected chi connectivity index (χ4v) is 3.19. The Balaban J connectivity index is 1.94. The van der Waals surface area contributed by atoms with Gasteiger partial charge in [0.1, 0.15) is 5.75 Å². The van der Waals surface area contributed by atoms with E-state index >= 15 is 0 Å². The first-order valence-electron chi connectivity index (χ1n) is 9.31. The van der Waals surface area contributed by atoms with Crippen LogP contribution in [0.4, 0.5) is 0 Å². The van der Waals surface area contributed by atoms with Crippen molar-refractivity contribution in [2.45, 2.75) is 53.6 Å². The molecule has 0 spiro atoms. The number of benzene rings is 1. The normalized spacial score (nSPS) is 20.3. The Labute approximate surface area is 165 Å². The largest absolute Gasteiger partial charge is 0.481 e. The number of aliphatic carboxylic acids is 1. The maximum absolute atomic E-state index is 12.5. The molecular formula is C21H28N2O5. The molecule has 0 aliphatic heterocycles. The van der Waals surface area contributed by atoms with Crippen molar-refractivity contribution >= 4 is 17.8 Å². The van der Waals surface area contributed by atoms with E-state index in [4.69, 9.17) is 4.74 Å². The lowest BCUT2D eigenvalue weighted by Crippen LogP contribution is -2.51. The summed E-state index contributed by atoms with van der Waals surface area (Å²) in [6, 6.07) is 5.53. The van der Waals surface area contributed by atoms with Crippen molar-refractivity contribution in [1.82, 2.24) is 10.9 Å². The average Bonchev–Trinajstić information content (AvgIpc) is 2.64. The van der Waals surface area contributed by atoms with Gasteiger partial charge in [-0.15, -0.1) is 0 Å². The molecule has 0 fully saturated rings. The first-order chi connectivity index (χ1) is 13.1. The highest BCUT2D eigenvalue weighted by Gasteiger charge is 2.37. The maximum atomic E-state index is 12.5. The predicted molar refractivity (Wildman–Crippen MR) is 105 cm³/mol. The third-order valence-electron chi connectivity index (χ3n) is 5.39. The first-order valence-corrected chi connectivity index (χ1v) is 9.31. The molecule has 0 bridgehead atoms. The third-order valence-corrected chi connectivity index (χ3v) is 5.39. The highest BCUT2D eigenvalue weighted by Crippen LogP contribution is 2.34. The van der Waals surface area contributed by atoms with Gasteiger partial charge >= 0.3 is 5.97 Å². The fraction of sp³-hybridized carbons (Fsp3) is 0.476. The highest BCUT2D eigenvalue weighted by molar-refractivity contribution is 5.88. The zero-order chi connectivity index (χ0) is 21.0.